The second-order valence-corrected chi connectivity index (χ2v) is 7.75. The second kappa shape index (κ2) is 7.92. The molecular formula is C25H26ClN3. The third kappa shape index (κ3) is 3.40. The number of pyridine rings is 1. The Hall–Kier alpha value is -2.78. The maximum atomic E-state index is 4.84. The monoisotopic (exact) mass is 403 g/mol. The Morgan fingerprint density at radius 2 is 1.62 bits per heavy atom. The summed E-state index contributed by atoms with van der Waals surface area (Å²) in [7, 11) is 0. The van der Waals surface area contributed by atoms with Crippen LogP contribution in [0.1, 0.15) is 27.9 Å². The summed E-state index contributed by atoms with van der Waals surface area (Å²) < 4.78 is 2.43. The lowest BCUT2D eigenvalue weighted by Gasteiger charge is -2.30. The minimum Gasteiger partial charge on any atom is -0.351 e. The molecule has 2 aromatic heterocycles. The topological polar surface area (TPSA) is 21.1 Å². The van der Waals surface area contributed by atoms with Gasteiger partial charge in [-0.15, -0.1) is 12.4 Å². The van der Waals surface area contributed by atoms with Gasteiger partial charge in [0.2, 0.25) is 0 Å². The molecule has 3 heterocycles. The highest BCUT2D eigenvalue weighted by molar-refractivity contribution is 5.95. The average Bonchev–Trinajstić information content (AvgIpc) is 2.99. The van der Waals surface area contributed by atoms with E-state index in [-0.39, 0.29) is 12.4 Å². The number of aromatic nitrogens is 2. The van der Waals surface area contributed by atoms with E-state index in [1.807, 2.05) is 6.20 Å². The van der Waals surface area contributed by atoms with E-state index >= 15 is 0 Å². The molecule has 0 amide bonds. The maximum Gasteiger partial charge on any atom is 0.138 e. The van der Waals surface area contributed by atoms with Crippen LogP contribution in [0.25, 0.3) is 10.9 Å². The van der Waals surface area contributed by atoms with Crippen LogP contribution in [0.3, 0.4) is 0 Å². The van der Waals surface area contributed by atoms with Crippen LogP contribution in [0.5, 0.6) is 0 Å². The average molecular weight is 404 g/mol. The number of fused-ring (bicyclic) bond motifs is 2. The van der Waals surface area contributed by atoms with E-state index in [2.05, 4.69) is 84.0 Å². The number of anilines is 1. The molecule has 4 aromatic rings. The number of nitrogens with zero attached hydrogens (tertiary/aromatic N) is 3. The van der Waals surface area contributed by atoms with Crippen LogP contribution in [0.4, 0.5) is 5.82 Å². The molecule has 148 valence electrons. The van der Waals surface area contributed by atoms with Crippen molar-refractivity contribution in [3.63, 3.8) is 0 Å². The van der Waals surface area contributed by atoms with E-state index in [4.69, 9.17) is 4.98 Å². The highest BCUT2D eigenvalue weighted by Gasteiger charge is 2.22. The zero-order valence-corrected chi connectivity index (χ0v) is 17.7. The zero-order chi connectivity index (χ0) is 19.1. The van der Waals surface area contributed by atoms with Gasteiger partial charge in [0.1, 0.15) is 5.82 Å². The standard InChI is InChI=1S/C25H25N3.ClH/c1-18-19(2)28(16-20-8-4-3-5-9-20)23-12-14-26-25(24(18)23)27-15-13-21-10-6-7-11-22(21)17-27;/h3-12,14H,13,15-17H2,1-2H3;1H. The molecule has 0 N–H and O–H groups in total. The van der Waals surface area contributed by atoms with Gasteiger partial charge < -0.3 is 9.47 Å². The van der Waals surface area contributed by atoms with Gasteiger partial charge in [0.25, 0.3) is 0 Å². The molecule has 0 unspecified atom stereocenters. The van der Waals surface area contributed by atoms with Gasteiger partial charge in [-0.25, -0.2) is 4.98 Å². The first-order valence-electron chi connectivity index (χ1n) is 10.0. The fourth-order valence-electron chi connectivity index (χ4n) is 4.48. The Bertz CT molecular complexity index is 1150. The lowest BCUT2D eigenvalue weighted by atomic mass is 9.99. The highest BCUT2D eigenvalue weighted by atomic mass is 35.5. The molecule has 0 atom stereocenters. The molecule has 5 rings (SSSR count). The first-order valence-corrected chi connectivity index (χ1v) is 10.0. The van der Waals surface area contributed by atoms with Crippen molar-refractivity contribution in [2.24, 2.45) is 0 Å². The molecule has 1 aliphatic rings. The van der Waals surface area contributed by atoms with E-state index in [1.54, 1.807) is 0 Å². The Kier molecular flexibility index (Phi) is 5.33. The van der Waals surface area contributed by atoms with Crippen molar-refractivity contribution in [3.05, 3.63) is 94.8 Å². The molecule has 0 aliphatic carbocycles. The Labute approximate surface area is 178 Å². The van der Waals surface area contributed by atoms with Crippen molar-refractivity contribution in [1.29, 1.82) is 0 Å². The number of benzene rings is 2. The normalized spacial score (nSPS) is 13.2. The number of hydrogen-bond donors (Lipinski definition) is 0. The lowest BCUT2D eigenvalue weighted by Crippen LogP contribution is -2.31. The van der Waals surface area contributed by atoms with Crippen molar-refractivity contribution in [3.8, 4) is 0 Å². The van der Waals surface area contributed by atoms with E-state index in [1.165, 1.54) is 38.9 Å². The molecule has 0 saturated heterocycles. The van der Waals surface area contributed by atoms with Gasteiger partial charge in [-0.1, -0.05) is 54.6 Å². The van der Waals surface area contributed by atoms with Crippen molar-refractivity contribution < 1.29 is 0 Å². The van der Waals surface area contributed by atoms with Gasteiger partial charge in [0, 0.05) is 36.9 Å². The van der Waals surface area contributed by atoms with Gasteiger partial charge in [-0.05, 0) is 48.6 Å². The summed E-state index contributed by atoms with van der Waals surface area (Å²) in [5.41, 5.74) is 8.17. The summed E-state index contributed by atoms with van der Waals surface area (Å²) in [6, 6.07) is 21.7. The molecule has 0 fully saturated rings. The number of halogens is 1. The van der Waals surface area contributed by atoms with Crippen LogP contribution in [0.2, 0.25) is 0 Å². The lowest BCUT2D eigenvalue weighted by molar-refractivity contribution is 0.724. The summed E-state index contributed by atoms with van der Waals surface area (Å²) in [6.07, 6.45) is 3.05. The number of hydrogen-bond acceptors (Lipinski definition) is 2. The fraction of sp³-hybridized carbons (Fsp3) is 0.240. The first-order chi connectivity index (χ1) is 13.7. The Morgan fingerprint density at radius 3 is 2.41 bits per heavy atom. The van der Waals surface area contributed by atoms with E-state index < -0.39 is 0 Å². The van der Waals surface area contributed by atoms with E-state index in [0.29, 0.717) is 0 Å². The molecule has 3 nitrogen and oxygen atoms in total. The summed E-state index contributed by atoms with van der Waals surface area (Å²) in [5, 5.41) is 1.30. The molecule has 2 aromatic carbocycles. The molecule has 1 aliphatic heterocycles. The molecular weight excluding hydrogens is 378 g/mol. The predicted octanol–water partition coefficient (Wildman–Crippen LogP) is 5.69. The molecule has 0 radical (unpaired) electrons. The van der Waals surface area contributed by atoms with Crippen molar-refractivity contribution >= 4 is 29.1 Å². The van der Waals surface area contributed by atoms with Crippen LogP contribution in [0, 0.1) is 13.8 Å². The first kappa shape index (κ1) is 19.5. The van der Waals surface area contributed by atoms with Gasteiger partial charge >= 0.3 is 0 Å². The van der Waals surface area contributed by atoms with Crippen LogP contribution in [-0.4, -0.2) is 16.1 Å². The van der Waals surface area contributed by atoms with E-state index in [0.717, 1.165) is 31.9 Å². The van der Waals surface area contributed by atoms with Crippen molar-refractivity contribution in [2.45, 2.75) is 33.4 Å². The number of rotatable bonds is 3. The Balaban J connectivity index is 0.00000205. The van der Waals surface area contributed by atoms with Crippen LogP contribution in [0.15, 0.2) is 66.9 Å². The Morgan fingerprint density at radius 1 is 0.897 bits per heavy atom. The summed E-state index contributed by atoms with van der Waals surface area (Å²) in [4.78, 5) is 7.29. The minimum atomic E-state index is 0. The van der Waals surface area contributed by atoms with Crippen molar-refractivity contribution in [2.75, 3.05) is 11.4 Å². The quantitative estimate of drug-likeness (QED) is 0.438. The van der Waals surface area contributed by atoms with Gasteiger partial charge in [0.15, 0.2) is 0 Å². The smallest absolute Gasteiger partial charge is 0.138 e. The predicted molar refractivity (Wildman–Crippen MR) is 123 cm³/mol. The highest BCUT2D eigenvalue weighted by Crippen LogP contribution is 2.34. The molecule has 29 heavy (non-hydrogen) atoms. The SMILES string of the molecule is Cc1c(C)n(Cc2ccccc2)c2ccnc(N3CCc4ccccc4C3)c12.Cl. The minimum absolute atomic E-state index is 0. The molecule has 0 spiro atoms. The largest absolute Gasteiger partial charge is 0.351 e. The van der Waals surface area contributed by atoms with Crippen LogP contribution < -0.4 is 4.90 Å². The van der Waals surface area contributed by atoms with Gasteiger partial charge in [-0.3, -0.25) is 0 Å². The van der Waals surface area contributed by atoms with Crippen LogP contribution in [-0.2, 0) is 19.5 Å². The van der Waals surface area contributed by atoms with Gasteiger partial charge in [0.05, 0.1) is 5.52 Å². The van der Waals surface area contributed by atoms with Crippen LogP contribution >= 0.6 is 12.4 Å². The summed E-state index contributed by atoms with van der Waals surface area (Å²) >= 11 is 0. The second-order valence-electron chi connectivity index (χ2n) is 7.75. The third-order valence-corrected chi connectivity index (χ3v) is 6.14. The number of aryl methyl sites for hydroxylation is 1. The third-order valence-electron chi connectivity index (χ3n) is 6.14. The van der Waals surface area contributed by atoms with Crippen molar-refractivity contribution in [1.82, 2.24) is 9.55 Å². The zero-order valence-electron chi connectivity index (χ0n) is 16.9. The summed E-state index contributed by atoms with van der Waals surface area (Å²) in [6.45, 7) is 7.31. The molecule has 4 heteroatoms. The van der Waals surface area contributed by atoms with Gasteiger partial charge in [-0.2, -0.15) is 0 Å². The summed E-state index contributed by atoms with van der Waals surface area (Å²) in [5.74, 6) is 1.12. The fourth-order valence-corrected chi connectivity index (χ4v) is 4.48. The molecule has 0 bridgehead atoms. The molecule has 0 saturated carbocycles. The maximum absolute atomic E-state index is 4.84. The van der Waals surface area contributed by atoms with E-state index in [9.17, 15) is 0 Å².